The van der Waals surface area contributed by atoms with Gasteiger partial charge in [-0.15, -0.1) is 0 Å². The number of benzene rings is 3. The largest absolute Gasteiger partial charge is 0.508 e. The number of carbonyl (C=O) groups is 10. The van der Waals surface area contributed by atoms with Crippen molar-refractivity contribution in [3.63, 3.8) is 0 Å². The number of hydrogen-bond acceptors (Lipinski definition) is 39. The number of aromatic amines is 5. The van der Waals surface area contributed by atoms with Crippen LogP contribution < -0.4 is 95.5 Å². The van der Waals surface area contributed by atoms with Gasteiger partial charge in [0.15, 0.2) is 18.1 Å². The molecule has 0 aliphatic heterocycles. The molecule has 60 heteroatoms. The molecule has 6 heterocycles. The molecule has 0 amide bonds. The van der Waals surface area contributed by atoms with E-state index >= 15 is 0 Å². The van der Waals surface area contributed by atoms with Crippen LogP contribution in [0.5, 0.6) is 34.6 Å². The van der Waals surface area contributed by atoms with Crippen molar-refractivity contribution >= 4 is 100 Å². The van der Waals surface area contributed by atoms with E-state index in [4.69, 9.17) is 147 Å². The maximum Gasteiger partial charge on any atom is 0.341 e. The zero-order valence-electron chi connectivity index (χ0n) is 72.5. The Kier molecular flexibility index (Phi) is 53.8. The molecular weight excluding hydrogens is 1890 g/mol. The van der Waals surface area contributed by atoms with Crippen molar-refractivity contribution in [2.24, 2.45) is 51.6 Å². The molecule has 9 aromatic rings. The number of nitrogens with zero attached hydrogens (tertiary/aromatic N) is 3. The number of nitrogens with one attached hydrogen (secondary N) is 5. The van der Waals surface area contributed by atoms with Gasteiger partial charge in [-0.2, -0.15) is 60.3 Å². The molecular formula is C76H108FN17O39S3. The SMILES string of the molecule is CC(C)(C)c1o[nH]c(=O)c1CC(N)C(=O)O.Cc1o[nH]c(=O)c1CC(N)C(=O)O.Cc1o[nH]c(=O)c1C[C@@H](N)C(=O)O.Cc1onc(OCC(=O)O)c1CC(N)C(=O)O.NC(CO)(Cc1ccc(O)cc1)C(=O)O.NC(CO)(Cc1ccc(O)cc1)C(=O)O.NC(Cc1cc(O)c(O)cc1O)C(=O)O.N[C@@H](Cn1cc(F)c(=O)[nH]c1=O)C(=O)O.N[C@@H](Cn1ccc(=O)[nH]c1=O)C(=O)O.S.S.S. The first kappa shape index (κ1) is 125. The van der Waals surface area contributed by atoms with Crippen LogP contribution in [-0.2, 0) is 111 Å². The van der Waals surface area contributed by atoms with Crippen LogP contribution in [0.3, 0.4) is 0 Å². The molecule has 0 saturated heterocycles. The van der Waals surface area contributed by atoms with E-state index in [0.29, 0.717) is 56.1 Å². The normalized spacial score (nSPS) is 12.8. The maximum atomic E-state index is 12.7. The number of carboxylic acid groups (broad SMARTS) is 10. The van der Waals surface area contributed by atoms with Gasteiger partial charge < -0.3 is 161 Å². The van der Waals surface area contributed by atoms with Gasteiger partial charge in [0.05, 0.1) is 54.8 Å². The lowest BCUT2D eigenvalue weighted by atomic mass is 9.89. The topological polar surface area (TPSA) is 1030 Å². The molecule has 56 nitrogen and oxygen atoms in total. The van der Waals surface area contributed by atoms with Gasteiger partial charge in [-0.05, 0) is 73.0 Å². The highest BCUT2D eigenvalue weighted by Crippen LogP contribution is 2.33. The smallest absolute Gasteiger partial charge is 0.341 e. The van der Waals surface area contributed by atoms with Gasteiger partial charge in [-0.25, -0.2) is 14.4 Å². The fraction of sp³-hybridized carbons (Fsp3) is 0.368. The third kappa shape index (κ3) is 42.9. The summed E-state index contributed by atoms with van der Waals surface area (Å²) >= 11 is 0. The zero-order valence-corrected chi connectivity index (χ0v) is 75.5. The zero-order chi connectivity index (χ0) is 102. The van der Waals surface area contributed by atoms with Crippen LogP contribution in [0.4, 0.5) is 4.39 Å². The van der Waals surface area contributed by atoms with E-state index in [2.05, 4.69) is 29.7 Å². The van der Waals surface area contributed by atoms with Gasteiger partial charge in [-0.1, -0.05) is 45.0 Å². The number of halogens is 1. The van der Waals surface area contributed by atoms with Crippen LogP contribution in [0.15, 0.2) is 131 Å². The second-order valence-electron chi connectivity index (χ2n) is 29.1. The Morgan fingerprint density at radius 3 is 1.14 bits per heavy atom. The lowest BCUT2D eigenvalue weighted by molar-refractivity contribution is -0.145. The van der Waals surface area contributed by atoms with Gasteiger partial charge in [0.2, 0.25) is 5.82 Å². The molecule has 0 bridgehead atoms. The monoisotopic (exact) mass is 2000 g/mol. The molecule has 6 unspecified atom stereocenters. The number of ether oxygens (including phenoxy) is 1. The number of nitrogens with two attached hydrogens (primary N) is 9. The van der Waals surface area contributed by atoms with E-state index in [1.165, 1.54) is 30.5 Å². The number of aliphatic carboxylic acids is 10. The summed E-state index contributed by atoms with van der Waals surface area (Å²) in [6.07, 6.45) is 1.59. The summed E-state index contributed by atoms with van der Waals surface area (Å²) in [5.74, 6) is -12.7. The number of phenols is 5. The van der Waals surface area contributed by atoms with Crippen molar-refractivity contribution in [1.29, 1.82) is 0 Å². The molecule has 756 valence electrons. The first-order valence-electron chi connectivity index (χ1n) is 37.6. The number of hydrogen-bond donors (Lipinski definition) is 31. The number of aliphatic hydroxyl groups excluding tert-OH is 2. The second kappa shape index (κ2) is 58.3. The number of carboxylic acids is 10. The number of aliphatic hydroxyl groups is 2. The number of aryl methyl sites for hydroxylation is 3. The first-order chi connectivity index (χ1) is 61.5. The molecule has 0 spiro atoms. The quantitative estimate of drug-likeness (QED) is 0.0138. The molecule has 0 saturated carbocycles. The van der Waals surface area contributed by atoms with Gasteiger partial charge in [0, 0.05) is 68.7 Å². The van der Waals surface area contributed by atoms with Crippen molar-refractivity contribution in [3.8, 4) is 34.6 Å². The molecule has 0 radical (unpaired) electrons. The molecule has 0 fully saturated rings. The highest BCUT2D eigenvalue weighted by Gasteiger charge is 2.35. The minimum atomic E-state index is -1.67. The Labute approximate surface area is 782 Å². The fourth-order valence-electron chi connectivity index (χ4n) is 9.71. The summed E-state index contributed by atoms with van der Waals surface area (Å²) < 4.78 is 38.5. The van der Waals surface area contributed by atoms with Crippen LogP contribution in [0.1, 0.15) is 82.8 Å². The lowest BCUT2D eigenvalue weighted by Crippen LogP contribution is -2.53. The van der Waals surface area contributed by atoms with Gasteiger partial charge >= 0.3 is 71.1 Å². The summed E-state index contributed by atoms with van der Waals surface area (Å²) in [5, 5.41) is 159. The summed E-state index contributed by atoms with van der Waals surface area (Å²) in [7, 11) is 0. The minimum Gasteiger partial charge on any atom is -0.508 e. The number of aromatic hydroxyl groups is 5. The summed E-state index contributed by atoms with van der Waals surface area (Å²) in [5.41, 5.74) is 42.3. The molecule has 9 rings (SSSR count). The Bertz CT molecular complexity index is 5730. The number of rotatable bonds is 32. The Morgan fingerprint density at radius 2 is 0.794 bits per heavy atom. The van der Waals surface area contributed by atoms with Gasteiger partial charge in [-0.3, -0.25) is 86.2 Å². The summed E-state index contributed by atoms with van der Waals surface area (Å²) in [6, 6.07) is 7.11. The van der Waals surface area contributed by atoms with Crippen LogP contribution >= 0.6 is 40.5 Å². The molecule has 9 atom stereocenters. The van der Waals surface area contributed by atoms with E-state index in [-0.39, 0.29) is 137 Å². The Hall–Kier alpha value is -14.7. The summed E-state index contributed by atoms with van der Waals surface area (Å²) in [6.45, 7) is 7.87. The number of phenolic OH excluding ortho intramolecular Hbond substituents is 5. The van der Waals surface area contributed by atoms with Crippen LogP contribution in [0.25, 0.3) is 0 Å². The van der Waals surface area contributed by atoms with Crippen molar-refractivity contribution in [1.82, 2.24) is 39.7 Å². The average molecular weight is 2000 g/mol. The highest BCUT2D eigenvalue weighted by molar-refractivity contribution is 7.59. The van der Waals surface area contributed by atoms with E-state index in [9.17, 15) is 91.0 Å². The Balaban J connectivity index is -0.00000146. The van der Waals surface area contributed by atoms with E-state index < -0.39 is 196 Å². The minimum absolute atomic E-state index is 0. The van der Waals surface area contributed by atoms with E-state index in [1.807, 2.05) is 25.8 Å². The first-order valence-corrected chi connectivity index (χ1v) is 37.6. The molecule has 3 aromatic carbocycles. The van der Waals surface area contributed by atoms with Crippen molar-refractivity contribution in [2.75, 3.05) is 19.8 Å². The van der Waals surface area contributed by atoms with E-state index in [1.54, 1.807) is 50.0 Å². The predicted molar refractivity (Wildman–Crippen MR) is 480 cm³/mol. The maximum absolute atomic E-state index is 12.7. The van der Waals surface area contributed by atoms with Crippen molar-refractivity contribution in [3.05, 3.63) is 220 Å². The molecule has 0 aliphatic rings. The summed E-state index contributed by atoms with van der Waals surface area (Å²) in [4.78, 5) is 186. The molecule has 6 aromatic heterocycles. The fourth-order valence-corrected chi connectivity index (χ4v) is 9.71. The van der Waals surface area contributed by atoms with Gasteiger partial charge in [0.1, 0.15) is 93.7 Å². The predicted octanol–water partition coefficient (Wildman–Crippen LogP) is -6.37. The second-order valence-corrected chi connectivity index (χ2v) is 29.1. The molecule has 40 N–H and O–H groups in total. The average Bonchev–Trinajstić information content (AvgIpc) is 1.63. The van der Waals surface area contributed by atoms with Crippen molar-refractivity contribution in [2.45, 2.75) is 158 Å². The Morgan fingerprint density at radius 1 is 0.449 bits per heavy atom. The molecule has 136 heavy (non-hydrogen) atoms. The van der Waals surface area contributed by atoms with Crippen LogP contribution in [0.2, 0.25) is 0 Å². The molecule has 0 aliphatic carbocycles. The van der Waals surface area contributed by atoms with Crippen LogP contribution in [0, 0.1) is 26.6 Å². The standard InChI is InChI=1S/C10H16N2O4.2C10H13NO4.C9H12N2O6.C9H11NO5.C7H8FN3O4.C7H9N3O4.2C7H10N2O4.3H2S/c1-10(2,3)7-5(8(13)12-16-7)4-6(11)9(14)15;2*11-10(6-12,9(14)15)5-7-1-3-8(13)4-2-7;1-4-5(2-6(10)9(14)15)8(11-17-4)16-3-7(12)13;10-5(9(14)15)1-4-2-7(12)8(13)3-6(4)11;8-3-1-11(2-4(9)6(13)14)7(15)10-5(3)12;8-4(6(12)13)3-10-2-1-5(11)9-7(10)14;2*1-3-4(6(10)9-13-3)2-5(8)7(11)12;;;/h6H,4,11H2,1-3H3,(H,12,13)(H,14,15);2*1-4,12-13H,5-6,11H2,(H,14,15);6H,2-3,10H2,1H3,(H,12,13)(H,14,15);2-3,5,11-13H,1,10H2,(H,14,15);1,4H,2,9H2,(H,13,14)(H,10,12,15);1-2,4H,3,8H2,(H,12,13)(H,9,11,14);2*5H,2,8H2,1H3,(H,9,10)(H,11,12);3*1H2/t;;;;;2*4-;5-;;;;/m.....001..../s1. The third-order valence-electron chi connectivity index (χ3n) is 17.3. The lowest BCUT2D eigenvalue weighted by Gasteiger charge is -2.21. The van der Waals surface area contributed by atoms with Gasteiger partial charge in [0.25, 0.3) is 33.7 Å². The van der Waals surface area contributed by atoms with Crippen molar-refractivity contribution < 1.29 is 162 Å². The van der Waals surface area contributed by atoms with E-state index in [0.717, 1.165) is 22.8 Å². The number of H-pyrrole nitrogens is 5. The third-order valence-corrected chi connectivity index (χ3v) is 17.3. The van der Waals surface area contributed by atoms with Crippen LogP contribution in [-0.4, -0.2) is 259 Å². The number of aromatic nitrogens is 8. The highest BCUT2D eigenvalue weighted by atomic mass is 32.1.